The highest BCUT2D eigenvalue weighted by Gasteiger charge is 2.49. The van der Waals surface area contributed by atoms with E-state index in [1.165, 1.54) is 12.1 Å². The second kappa shape index (κ2) is 9.58. The van der Waals surface area contributed by atoms with Crippen molar-refractivity contribution in [3.05, 3.63) is 87.5 Å². The van der Waals surface area contributed by atoms with Crippen LogP contribution in [0, 0.1) is 19.8 Å². The van der Waals surface area contributed by atoms with Crippen LogP contribution < -0.4 is 5.32 Å². The zero-order valence-electron chi connectivity index (χ0n) is 19.9. The van der Waals surface area contributed by atoms with E-state index < -0.39 is 29.4 Å². The third-order valence-electron chi connectivity index (χ3n) is 5.88. The number of Topliss-reactive ketones (excluding diaryl/α,β-unsaturated/α-hetero) is 2. The molecule has 4 rings (SSSR count). The molecule has 0 saturated heterocycles. The number of allylic oxidation sites excluding steroid dienone is 1. The average molecular weight is 475 g/mol. The van der Waals surface area contributed by atoms with Gasteiger partial charge in [-0.2, -0.15) is 0 Å². The number of fused-ring (bicyclic) bond motifs is 1. The number of nitrogens with one attached hydrogen (secondary N) is 1. The number of carbonyl (C=O) groups is 4. The quantitative estimate of drug-likeness (QED) is 0.624. The van der Waals surface area contributed by atoms with Crippen LogP contribution in [-0.2, 0) is 23.8 Å². The van der Waals surface area contributed by atoms with E-state index in [9.17, 15) is 19.2 Å². The number of hydrogen-bond acceptors (Lipinski definition) is 8. The number of carbonyl (C=O) groups excluding carboxylic acids is 4. The maximum absolute atomic E-state index is 13.5. The lowest BCUT2D eigenvalue weighted by Gasteiger charge is -2.32. The third-order valence-corrected chi connectivity index (χ3v) is 5.88. The normalized spacial score (nSPS) is 16.9. The van der Waals surface area contributed by atoms with Gasteiger partial charge in [0.25, 0.3) is 0 Å². The van der Waals surface area contributed by atoms with Crippen LogP contribution in [0.2, 0.25) is 0 Å². The van der Waals surface area contributed by atoms with Crippen molar-refractivity contribution in [1.82, 2.24) is 0 Å². The monoisotopic (exact) mass is 475 g/mol. The highest BCUT2D eigenvalue weighted by molar-refractivity contribution is 6.28. The smallest absolute Gasteiger partial charge is 0.340 e. The van der Waals surface area contributed by atoms with Crippen LogP contribution >= 0.6 is 0 Å². The SMILES string of the molecule is CCOC(=O)C1=C(Nc2c(C)cccc2C)OC2=C(C(=O)c3ccccc3C2=O)C1C(=O)OCC. The van der Waals surface area contributed by atoms with Crippen molar-refractivity contribution in [3.8, 4) is 0 Å². The molecule has 0 fully saturated rings. The van der Waals surface area contributed by atoms with E-state index in [-0.39, 0.29) is 47.1 Å². The van der Waals surface area contributed by atoms with Gasteiger partial charge in [0.05, 0.1) is 18.8 Å². The molecule has 0 spiro atoms. The van der Waals surface area contributed by atoms with Gasteiger partial charge in [0.2, 0.25) is 11.7 Å². The molecule has 1 N–H and O–H groups in total. The van der Waals surface area contributed by atoms with Crippen LogP contribution in [0.25, 0.3) is 0 Å². The Morgan fingerprint density at radius 2 is 1.49 bits per heavy atom. The molecule has 1 heterocycles. The first-order valence-electron chi connectivity index (χ1n) is 11.3. The van der Waals surface area contributed by atoms with Crippen LogP contribution in [0.1, 0.15) is 45.7 Å². The van der Waals surface area contributed by atoms with Gasteiger partial charge in [-0.1, -0.05) is 42.5 Å². The second-order valence-electron chi connectivity index (χ2n) is 8.09. The predicted molar refractivity (Wildman–Crippen MR) is 127 cm³/mol. The maximum atomic E-state index is 13.5. The van der Waals surface area contributed by atoms with Crippen LogP contribution in [0.15, 0.2) is 65.3 Å². The molecule has 35 heavy (non-hydrogen) atoms. The number of hydrogen-bond donors (Lipinski definition) is 1. The molecule has 8 heteroatoms. The Kier molecular flexibility index (Phi) is 6.55. The Hall–Kier alpha value is -4.20. The highest BCUT2D eigenvalue weighted by Crippen LogP contribution is 2.42. The third kappa shape index (κ3) is 4.12. The molecule has 0 aromatic heterocycles. The van der Waals surface area contributed by atoms with Gasteiger partial charge < -0.3 is 19.5 Å². The fraction of sp³-hybridized carbons (Fsp3) is 0.259. The lowest BCUT2D eigenvalue weighted by Crippen LogP contribution is -2.39. The molecular formula is C27H25NO7. The van der Waals surface area contributed by atoms with E-state index in [2.05, 4.69) is 5.32 Å². The Labute approximate surface area is 202 Å². The number of benzene rings is 2. The van der Waals surface area contributed by atoms with Crippen molar-refractivity contribution in [2.45, 2.75) is 27.7 Å². The highest BCUT2D eigenvalue weighted by atomic mass is 16.5. The molecule has 0 amide bonds. The summed E-state index contributed by atoms with van der Waals surface area (Å²) in [6.45, 7) is 6.99. The second-order valence-corrected chi connectivity index (χ2v) is 8.09. The topological polar surface area (TPSA) is 108 Å². The van der Waals surface area contributed by atoms with Gasteiger partial charge in [0.1, 0.15) is 11.5 Å². The van der Waals surface area contributed by atoms with Gasteiger partial charge in [-0.05, 0) is 38.8 Å². The summed E-state index contributed by atoms with van der Waals surface area (Å²) >= 11 is 0. The average Bonchev–Trinajstić information content (AvgIpc) is 2.84. The molecule has 180 valence electrons. The molecule has 2 aromatic rings. The fourth-order valence-corrected chi connectivity index (χ4v) is 4.27. The van der Waals surface area contributed by atoms with E-state index in [1.54, 1.807) is 26.0 Å². The summed E-state index contributed by atoms with van der Waals surface area (Å²) in [5.41, 5.74) is 2.13. The van der Waals surface area contributed by atoms with E-state index in [0.29, 0.717) is 5.69 Å². The van der Waals surface area contributed by atoms with Crippen molar-refractivity contribution < 1.29 is 33.4 Å². The lowest BCUT2D eigenvalue weighted by atomic mass is 9.78. The molecule has 1 unspecified atom stereocenters. The maximum Gasteiger partial charge on any atom is 0.340 e. The van der Waals surface area contributed by atoms with Gasteiger partial charge in [0, 0.05) is 16.8 Å². The number of anilines is 1. The minimum absolute atomic E-state index is 0.00724. The summed E-state index contributed by atoms with van der Waals surface area (Å²) in [6, 6.07) is 11.9. The first-order valence-corrected chi connectivity index (χ1v) is 11.3. The zero-order valence-corrected chi connectivity index (χ0v) is 19.9. The minimum Gasteiger partial charge on any atom is -0.465 e. The van der Waals surface area contributed by atoms with E-state index in [0.717, 1.165) is 11.1 Å². The Bertz CT molecular complexity index is 1300. The molecule has 0 radical (unpaired) electrons. The van der Waals surface area contributed by atoms with Crippen molar-refractivity contribution in [2.24, 2.45) is 5.92 Å². The summed E-state index contributed by atoms with van der Waals surface area (Å²) in [5, 5.41) is 3.08. The number of rotatable bonds is 6. The van der Waals surface area contributed by atoms with Crippen LogP contribution in [-0.4, -0.2) is 36.7 Å². The van der Waals surface area contributed by atoms with E-state index >= 15 is 0 Å². The largest absolute Gasteiger partial charge is 0.465 e. The van der Waals surface area contributed by atoms with Gasteiger partial charge in [-0.25, -0.2) is 4.79 Å². The Balaban J connectivity index is 1.95. The number of ether oxygens (including phenoxy) is 3. The molecule has 2 aromatic carbocycles. The van der Waals surface area contributed by atoms with Gasteiger partial charge in [0.15, 0.2) is 11.5 Å². The van der Waals surface area contributed by atoms with Gasteiger partial charge in [-0.15, -0.1) is 0 Å². The molecule has 8 nitrogen and oxygen atoms in total. The van der Waals surface area contributed by atoms with Crippen LogP contribution in [0.3, 0.4) is 0 Å². The van der Waals surface area contributed by atoms with Gasteiger partial charge >= 0.3 is 11.9 Å². The van der Waals surface area contributed by atoms with Crippen molar-refractivity contribution in [3.63, 3.8) is 0 Å². The minimum atomic E-state index is -1.51. The molecule has 0 saturated carbocycles. The summed E-state index contributed by atoms with van der Waals surface area (Å²) in [5.74, 6) is -4.83. The Morgan fingerprint density at radius 3 is 2.09 bits per heavy atom. The number of ketones is 2. The van der Waals surface area contributed by atoms with Crippen LogP contribution in [0.4, 0.5) is 5.69 Å². The Morgan fingerprint density at radius 1 is 0.886 bits per heavy atom. The molecule has 2 aliphatic rings. The molecular weight excluding hydrogens is 450 g/mol. The lowest BCUT2D eigenvalue weighted by molar-refractivity contribution is -0.149. The summed E-state index contributed by atoms with van der Waals surface area (Å²) in [4.78, 5) is 53.3. The molecule has 1 aliphatic carbocycles. The summed E-state index contributed by atoms with van der Waals surface area (Å²) in [7, 11) is 0. The van der Waals surface area contributed by atoms with Crippen molar-refractivity contribution in [1.29, 1.82) is 0 Å². The zero-order chi connectivity index (χ0) is 25.3. The van der Waals surface area contributed by atoms with Crippen molar-refractivity contribution in [2.75, 3.05) is 18.5 Å². The predicted octanol–water partition coefficient (Wildman–Crippen LogP) is 4.03. The van der Waals surface area contributed by atoms with Crippen molar-refractivity contribution >= 4 is 29.2 Å². The summed E-state index contributed by atoms with van der Waals surface area (Å²) in [6.07, 6.45) is 0. The van der Waals surface area contributed by atoms with E-state index in [1.807, 2.05) is 32.0 Å². The number of esters is 2. The number of aryl methyl sites for hydroxylation is 2. The van der Waals surface area contributed by atoms with E-state index in [4.69, 9.17) is 14.2 Å². The summed E-state index contributed by atoms with van der Waals surface area (Å²) < 4.78 is 16.4. The first kappa shape index (κ1) is 23.9. The fourth-order valence-electron chi connectivity index (χ4n) is 4.27. The standard InChI is InChI=1S/C27H25NO7/c1-5-33-26(31)18-19-22(29)16-12-7-8-13-17(16)23(30)24(19)35-25(20(18)27(32)34-6-2)28-21-14(3)10-9-11-15(21)4/h7-13,18,28H,5-6H2,1-4H3. The van der Waals surface area contributed by atoms with Gasteiger partial charge in [-0.3, -0.25) is 14.4 Å². The first-order chi connectivity index (χ1) is 16.8. The molecule has 0 bridgehead atoms. The molecule has 1 atom stereocenters. The van der Waals surface area contributed by atoms with Crippen LogP contribution in [0.5, 0.6) is 0 Å². The number of para-hydroxylation sites is 1. The molecule has 1 aliphatic heterocycles.